The molecule has 1 rings (SSSR count). The van der Waals surface area contributed by atoms with Gasteiger partial charge in [-0.2, -0.15) is 0 Å². The number of amides is 1. The van der Waals surface area contributed by atoms with Crippen LogP contribution in [0.4, 0.5) is 4.39 Å². The summed E-state index contributed by atoms with van der Waals surface area (Å²) in [5.41, 5.74) is 0.642. The maximum atomic E-state index is 13.0. The Morgan fingerprint density at radius 1 is 1.50 bits per heavy atom. The molecule has 0 aliphatic heterocycles. The highest BCUT2D eigenvalue weighted by Gasteiger charge is 2.19. The van der Waals surface area contributed by atoms with Crippen molar-refractivity contribution in [1.29, 1.82) is 0 Å². The van der Waals surface area contributed by atoms with Crippen molar-refractivity contribution < 1.29 is 13.4 Å². The minimum atomic E-state index is -1.34. The monoisotopic (exact) mass is 271 g/mol. The fraction of sp³-hybridized carbons (Fsp3) is 0.462. The molecule has 1 aromatic rings. The van der Waals surface area contributed by atoms with Crippen LogP contribution in [-0.4, -0.2) is 21.9 Å². The Hall–Kier alpha value is -1.23. The summed E-state index contributed by atoms with van der Waals surface area (Å²) in [6.45, 7) is 4.16. The van der Waals surface area contributed by atoms with Crippen LogP contribution in [0.1, 0.15) is 25.8 Å². The third kappa shape index (κ3) is 4.56. The fourth-order valence-corrected chi connectivity index (χ4v) is 2.51. The fourth-order valence-electron chi connectivity index (χ4n) is 1.43. The summed E-state index contributed by atoms with van der Waals surface area (Å²) in [5.74, 6) is -0.377. The van der Waals surface area contributed by atoms with Crippen molar-refractivity contribution >= 4 is 16.7 Å². The van der Waals surface area contributed by atoms with E-state index in [0.29, 0.717) is 12.1 Å². The Labute approximate surface area is 109 Å². The minimum Gasteiger partial charge on any atom is -0.355 e. The average Bonchev–Trinajstić information content (AvgIpc) is 2.35. The normalized spacial score (nSPS) is 13.9. The number of carbonyl (C=O) groups is 1. The van der Waals surface area contributed by atoms with E-state index >= 15 is 0 Å². The van der Waals surface area contributed by atoms with Gasteiger partial charge in [-0.05, 0) is 31.0 Å². The molecular weight excluding hydrogens is 253 g/mol. The number of rotatable bonds is 6. The van der Waals surface area contributed by atoms with Crippen molar-refractivity contribution in [2.75, 3.05) is 6.54 Å². The van der Waals surface area contributed by atoms with Gasteiger partial charge in [-0.1, -0.05) is 19.1 Å². The Balaban J connectivity index is 2.57. The molecule has 100 valence electrons. The molecule has 1 N–H and O–H groups in total. The third-order valence-electron chi connectivity index (χ3n) is 2.51. The molecule has 2 atom stereocenters. The summed E-state index contributed by atoms with van der Waals surface area (Å²) in [6, 6.07) is 5.96. The van der Waals surface area contributed by atoms with Gasteiger partial charge < -0.3 is 5.32 Å². The minimum absolute atomic E-state index is 0.193. The zero-order valence-electron chi connectivity index (χ0n) is 10.6. The summed E-state index contributed by atoms with van der Waals surface area (Å²) in [6.07, 6.45) is 0.842. The second-order valence-corrected chi connectivity index (χ2v) is 5.85. The Bertz CT molecular complexity index is 437. The van der Waals surface area contributed by atoms with E-state index in [9.17, 15) is 13.4 Å². The van der Waals surface area contributed by atoms with Crippen LogP contribution in [0, 0.1) is 5.82 Å². The first-order chi connectivity index (χ1) is 8.54. The van der Waals surface area contributed by atoms with E-state index < -0.39 is 16.0 Å². The highest BCUT2D eigenvalue weighted by atomic mass is 32.2. The summed E-state index contributed by atoms with van der Waals surface area (Å²) >= 11 is 0. The smallest absolute Gasteiger partial charge is 0.235 e. The van der Waals surface area contributed by atoms with Crippen molar-refractivity contribution in [1.82, 2.24) is 5.32 Å². The van der Waals surface area contributed by atoms with Gasteiger partial charge >= 0.3 is 0 Å². The first-order valence-electron chi connectivity index (χ1n) is 5.94. The van der Waals surface area contributed by atoms with Crippen LogP contribution in [0.2, 0.25) is 0 Å². The Morgan fingerprint density at radius 3 is 2.83 bits per heavy atom. The van der Waals surface area contributed by atoms with Crippen molar-refractivity contribution in [3.05, 3.63) is 35.6 Å². The molecule has 18 heavy (non-hydrogen) atoms. The molecule has 5 heteroatoms. The molecular formula is C13H18FNO2S. The van der Waals surface area contributed by atoms with Crippen LogP contribution in [0.3, 0.4) is 0 Å². The zero-order chi connectivity index (χ0) is 13.5. The summed E-state index contributed by atoms with van der Waals surface area (Å²) in [4.78, 5) is 11.6. The highest BCUT2D eigenvalue weighted by Crippen LogP contribution is 2.09. The number of halogens is 1. The quantitative estimate of drug-likeness (QED) is 0.860. The van der Waals surface area contributed by atoms with Crippen molar-refractivity contribution in [2.45, 2.75) is 31.3 Å². The predicted octanol–water partition coefficient (Wildman–Crippen LogP) is 1.99. The summed E-state index contributed by atoms with van der Waals surface area (Å²) < 4.78 is 24.9. The second-order valence-electron chi connectivity index (χ2n) is 4.09. The third-order valence-corrected chi connectivity index (χ3v) is 4.13. The lowest BCUT2D eigenvalue weighted by molar-refractivity contribution is -0.120. The van der Waals surface area contributed by atoms with Gasteiger partial charge in [0.25, 0.3) is 0 Å². The average molecular weight is 271 g/mol. The van der Waals surface area contributed by atoms with Crippen LogP contribution in [-0.2, 0) is 21.3 Å². The van der Waals surface area contributed by atoms with Gasteiger partial charge in [0.05, 0.1) is 0 Å². The summed E-state index contributed by atoms with van der Waals surface area (Å²) in [5, 5.41) is 2.12. The van der Waals surface area contributed by atoms with E-state index in [0.717, 1.165) is 6.42 Å². The lowest BCUT2D eigenvalue weighted by Crippen LogP contribution is -2.36. The molecule has 0 unspecified atom stereocenters. The van der Waals surface area contributed by atoms with Crippen molar-refractivity contribution in [3.8, 4) is 0 Å². The van der Waals surface area contributed by atoms with Gasteiger partial charge in [-0.25, -0.2) is 4.39 Å². The molecule has 1 amide bonds. The van der Waals surface area contributed by atoms with Crippen molar-refractivity contribution in [3.63, 3.8) is 0 Å². The molecule has 0 aromatic heterocycles. The maximum absolute atomic E-state index is 13.0. The Morgan fingerprint density at radius 2 is 2.22 bits per heavy atom. The van der Waals surface area contributed by atoms with Gasteiger partial charge in [0.15, 0.2) is 0 Å². The molecule has 0 aliphatic carbocycles. The van der Waals surface area contributed by atoms with Crippen LogP contribution < -0.4 is 5.32 Å². The topological polar surface area (TPSA) is 46.2 Å². The lowest BCUT2D eigenvalue weighted by Gasteiger charge is -2.11. The van der Waals surface area contributed by atoms with E-state index in [1.54, 1.807) is 19.1 Å². The van der Waals surface area contributed by atoms with Crippen molar-refractivity contribution in [2.24, 2.45) is 0 Å². The second kappa shape index (κ2) is 7.26. The number of nitrogens with one attached hydrogen (secondary N) is 1. The molecule has 0 fully saturated rings. The molecule has 0 saturated carbocycles. The van der Waals surface area contributed by atoms with Gasteiger partial charge in [-0.3, -0.25) is 9.00 Å². The molecule has 0 saturated heterocycles. The van der Waals surface area contributed by atoms with Gasteiger partial charge in [-0.15, -0.1) is 0 Å². The van der Waals surface area contributed by atoms with E-state index in [4.69, 9.17) is 0 Å². The molecule has 0 aliphatic rings. The standard InChI is InChI=1S/C13H18FNO2S/c1-3-7-15-13(16)10(2)18(17)9-11-5-4-6-12(14)8-11/h4-6,8,10H,3,7,9H2,1-2H3,(H,15,16)/t10-,18+/m0/s1. The number of benzene rings is 1. The zero-order valence-corrected chi connectivity index (χ0v) is 11.4. The largest absolute Gasteiger partial charge is 0.355 e. The lowest BCUT2D eigenvalue weighted by atomic mass is 10.2. The number of hydrogen-bond acceptors (Lipinski definition) is 2. The predicted molar refractivity (Wildman–Crippen MR) is 71.0 cm³/mol. The molecule has 0 spiro atoms. The van der Waals surface area contributed by atoms with E-state index in [-0.39, 0.29) is 17.5 Å². The van der Waals surface area contributed by atoms with Crippen LogP contribution in [0.25, 0.3) is 0 Å². The van der Waals surface area contributed by atoms with Gasteiger partial charge in [0.2, 0.25) is 5.91 Å². The van der Waals surface area contributed by atoms with Gasteiger partial charge in [0.1, 0.15) is 11.1 Å². The molecule has 0 heterocycles. The summed E-state index contributed by atoms with van der Waals surface area (Å²) in [7, 11) is -1.34. The molecule has 0 radical (unpaired) electrons. The number of hydrogen-bond donors (Lipinski definition) is 1. The first kappa shape index (κ1) is 14.8. The molecule has 0 bridgehead atoms. The Kier molecular flexibility index (Phi) is 5.98. The number of carbonyl (C=O) groups excluding carboxylic acids is 1. The van der Waals surface area contributed by atoms with E-state index in [1.165, 1.54) is 12.1 Å². The van der Waals surface area contributed by atoms with E-state index in [1.807, 2.05) is 6.92 Å². The highest BCUT2D eigenvalue weighted by molar-refractivity contribution is 7.85. The maximum Gasteiger partial charge on any atom is 0.235 e. The van der Waals surface area contributed by atoms with Crippen LogP contribution in [0.5, 0.6) is 0 Å². The molecule has 1 aromatic carbocycles. The molecule has 3 nitrogen and oxygen atoms in total. The first-order valence-corrected chi connectivity index (χ1v) is 7.32. The van der Waals surface area contributed by atoms with Crippen LogP contribution >= 0.6 is 0 Å². The SMILES string of the molecule is CCCNC(=O)[C@H](C)[S@](=O)Cc1cccc(F)c1. The van der Waals surface area contributed by atoms with Crippen LogP contribution in [0.15, 0.2) is 24.3 Å². The van der Waals surface area contributed by atoms with E-state index in [2.05, 4.69) is 5.32 Å². The van der Waals surface area contributed by atoms with Gasteiger partial charge in [0, 0.05) is 23.1 Å².